The van der Waals surface area contributed by atoms with Crippen molar-refractivity contribution < 1.29 is 4.79 Å². The van der Waals surface area contributed by atoms with E-state index >= 15 is 0 Å². The zero-order valence-electron chi connectivity index (χ0n) is 13.4. The van der Waals surface area contributed by atoms with Crippen LogP contribution in [0, 0.1) is 13.8 Å². The molecule has 0 aliphatic heterocycles. The summed E-state index contributed by atoms with van der Waals surface area (Å²) in [4.78, 5) is 13.9. The van der Waals surface area contributed by atoms with Crippen molar-refractivity contribution in [3.63, 3.8) is 0 Å². The van der Waals surface area contributed by atoms with Crippen LogP contribution in [0.2, 0.25) is 0 Å². The van der Waals surface area contributed by atoms with Crippen molar-refractivity contribution in [3.8, 4) is 5.69 Å². The molecule has 1 aromatic heterocycles. The maximum atomic E-state index is 12.1. The van der Waals surface area contributed by atoms with Crippen LogP contribution in [0.1, 0.15) is 25.0 Å². The standard InChI is InChI=1S/C15H21N5OS/c1-5-19(6-2)14(21)10-22-15-16-17-18-20(15)13-8-7-11(3)12(4)9-13/h7-9H,5-6,10H2,1-4H3. The number of aromatic nitrogens is 4. The Labute approximate surface area is 134 Å². The molecule has 0 atom stereocenters. The highest BCUT2D eigenvalue weighted by molar-refractivity contribution is 7.99. The Morgan fingerprint density at radius 3 is 2.59 bits per heavy atom. The molecular weight excluding hydrogens is 298 g/mol. The maximum absolute atomic E-state index is 12.1. The van der Waals surface area contributed by atoms with E-state index in [1.165, 1.54) is 22.9 Å². The smallest absolute Gasteiger partial charge is 0.233 e. The fraction of sp³-hybridized carbons (Fsp3) is 0.467. The van der Waals surface area contributed by atoms with E-state index < -0.39 is 0 Å². The van der Waals surface area contributed by atoms with Gasteiger partial charge in [0.15, 0.2) is 0 Å². The van der Waals surface area contributed by atoms with Crippen LogP contribution < -0.4 is 0 Å². The molecule has 1 aromatic carbocycles. The van der Waals surface area contributed by atoms with Gasteiger partial charge in [0.1, 0.15) is 0 Å². The number of hydrogen-bond donors (Lipinski definition) is 0. The first-order valence-corrected chi connectivity index (χ1v) is 8.32. The Balaban J connectivity index is 2.13. The SMILES string of the molecule is CCN(CC)C(=O)CSc1nnnn1-c1ccc(C)c(C)c1. The second-order valence-corrected chi connectivity index (χ2v) is 5.94. The van der Waals surface area contributed by atoms with Crippen LogP contribution in [0.15, 0.2) is 23.4 Å². The quantitative estimate of drug-likeness (QED) is 0.764. The van der Waals surface area contributed by atoms with E-state index in [1.807, 2.05) is 32.0 Å². The fourth-order valence-electron chi connectivity index (χ4n) is 2.08. The van der Waals surface area contributed by atoms with Gasteiger partial charge in [-0.15, -0.1) is 5.10 Å². The molecule has 0 aliphatic rings. The van der Waals surface area contributed by atoms with Crippen molar-refractivity contribution in [3.05, 3.63) is 29.3 Å². The lowest BCUT2D eigenvalue weighted by Crippen LogP contribution is -2.31. The molecule has 118 valence electrons. The van der Waals surface area contributed by atoms with Crippen LogP contribution in [-0.2, 0) is 4.79 Å². The molecular formula is C15H21N5OS. The molecule has 7 heteroatoms. The highest BCUT2D eigenvalue weighted by Gasteiger charge is 2.14. The summed E-state index contributed by atoms with van der Waals surface area (Å²) in [5.74, 6) is 0.442. The van der Waals surface area contributed by atoms with Crippen LogP contribution in [0.25, 0.3) is 5.69 Å². The normalized spacial score (nSPS) is 10.7. The largest absolute Gasteiger partial charge is 0.343 e. The first-order chi connectivity index (χ1) is 10.6. The van der Waals surface area contributed by atoms with Gasteiger partial charge < -0.3 is 4.90 Å². The lowest BCUT2D eigenvalue weighted by molar-refractivity contribution is -0.127. The van der Waals surface area contributed by atoms with E-state index in [1.54, 1.807) is 9.58 Å². The Kier molecular flexibility index (Phi) is 5.54. The lowest BCUT2D eigenvalue weighted by Gasteiger charge is -2.17. The predicted octanol–water partition coefficient (Wildman–Crippen LogP) is 2.24. The minimum atomic E-state index is 0.102. The lowest BCUT2D eigenvalue weighted by atomic mass is 10.1. The molecule has 22 heavy (non-hydrogen) atoms. The van der Waals surface area contributed by atoms with Crippen LogP contribution in [0.4, 0.5) is 0 Å². The minimum Gasteiger partial charge on any atom is -0.343 e. The number of rotatable bonds is 6. The number of carbonyl (C=O) groups excluding carboxylic acids is 1. The third-order valence-electron chi connectivity index (χ3n) is 3.62. The number of thioether (sulfide) groups is 1. The average molecular weight is 319 g/mol. The molecule has 2 rings (SSSR count). The molecule has 0 radical (unpaired) electrons. The summed E-state index contributed by atoms with van der Waals surface area (Å²) in [6, 6.07) is 6.07. The number of carbonyl (C=O) groups is 1. The first-order valence-electron chi connectivity index (χ1n) is 7.33. The molecule has 0 bridgehead atoms. The Morgan fingerprint density at radius 2 is 1.95 bits per heavy atom. The number of aryl methyl sites for hydroxylation is 2. The van der Waals surface area contributed by atoms with Crippen LogP contribution in [-0.4, -0.2) is 49.9 Å². The van der Waals surface area contributed by atoms with Gasteiger partial charge >= 0.3 is 0 Å². The summed E-state index contributed by atoms with van der Waals surface area (Å²) >= 11 is 1.36. The summed E-state index contributed by atoms with van der Waals surface area (Å²) in [5, 5.41) is 12.4. The van der Waals surface area contributed by atoms with Crippen molar-refractivity contribution in [1.29, 1.82) is 0 Å². The predicted molar refractivity (Wildman–Crippen MR) is 87.3 cm³/mol. The summed E-state index contributed by atoms with van der Waals surface area (Å²) in [6.45, 7) is 9.52. The van der Waals surface area contributed by atoms with Gasteiger partial charge in [0.25, 0.3) is 0 Å². The zero-order chi connectivity index (χ0) is 16.1. The Hall–Kier alpha value is -1.89. The highest BCUT2D eigenvalue weighted by Crippen LogP contribution is 2.20. The third-order valence-corrected chi connectivity index (χ3v) is 4.52. The molecule has 0 fully saturated rings. The number of nitrogens with zero attached hydrogens (tertiary/aromatic N) is 5. The molecule has 1 heterocycles. The summed E-state index contributed by atoms with van der Waals surface area (Å²) in [6.07, 6.45) is 0. The molecule has 0 aliphatic carbocycles. The summed E-state index contributed by atoms with van der Waals surface area (Å²) in [7, 11) is 0. The molecule has 0 saturated heterocycles. The monoisotopic (exact) mass is 319 g/mol. The molecule has 0 unspecified atom stereocenters. The molecule has 1 amide bonds. The van der Waals surface area contributed by atoms with Gasteiger partial charge in [-0.3, -0.25) is 4.79 Å². The van der Waals surface area contributed by atoms with Gasteiger partial charge in [-0.1, -0.05) is 17.8 Å². The number of tetrazole rings is 1. The van der Waals surface area contributed by atoms with Gasteiger partial charge in [-0.05, 0) is 61.4 Å². The van der Waals surface area contributed by atoms with Gasteiger partial charge in [0.05, 0.1) is 11.4 Å². The molecule has 2 aromatic rings. The second-order valence-electron chi connectivity index (χ2n) is 5.00. The van der Waals surface area contributed by atoms with Crippen molar-refractivity contribution in [2.75, 3.05) is 18.8 Å². The molecule has 6 nitrogen and oxygen atoms in total. The van der Waals surface area contributed by atoms with Gasteiger partial charge in [0.2, 0.25) is 11.1 Å². The second kappa shape index (κ2) is 7.40. The van der Waals surface area contributed by atoms with Gasteiger partial charge in [0, 0.05) is 13.1 Å². The fourth-order valence-corrected chi connectivity index (χ4v) is 2.88. The Morgan fingerprint density at radius 1 is 1.23 bits per heavy atom. The van der Waals surface area contributed by atoms with Crippen LogP contribution >= 0.6 is 11.8 Å². The summed E-state index contributed by atoms with van der Waals surface area (Å²) < 4.78 is 1.67. The van der Waals surface area contributed by atoms with E-state index in [2.05, 4.69) is 29.4 Å². The number of benzene rings is 1. The van der Waals surface area contributed by atoms with Gasteiger partial charge in [-0.2, -0.15) is 4.68 Å². The van der Waals surface area contributed by atoms with E-state index in [-0.39, 0.29) is 5.91 Å². The van der Waals surface area contributed by atoms with Crippen molar-refractivity contribution in [2.45, 2.75) is 32.9 Å². The molecule has 0 N–H and O–H groups in total. The van der Waals surface area contributed by atoms with E-state index in [0.29, 0.717) is 10.9 Å². The highest BCUT2D eigenvalue weighted by atomic mass is 32.2. The van der Waals surface area contributed by atoms with Crippen molar-refractivity contribution >= 4 is 17.7 Å². The molecule has 0 saturated carbocycles. The van der Waals surface area contributed by atoms with Crippen molar-refractivity contribution in [2.24, 2.45) is 0 Å². The van der Waals surface area contributed by atoms with E-state index in [0.717, 1.165) is 18.8 Å². The van der Waals surface area contributed by atoms with Crippen LogP contribution in [0.5, 0.6) is 0 Å². The topological polar surface area (TPSA) is 63.9 Å². The summed E-state index contributed by atoms with van der Waals surface area (Å²) in [5.41, 5.74) is 3.32. The number of hydrogen-bond acceptors (Lipinski definition) is 5. The van der Waals surface area contributed by atoms with Crippen LogP contribution in [0.3, 0.4) is 0 Å². The number of amides is 1. The Bertz CT molecular complexity index is 651. The van der Waals surface area contributed by atoms with E-state index in [4.69, 9.17) is 0 Å². The maximum Gasteiger partial charge on any atom is 0.233 e. The van der Waals surface area contributed by atoms with Crippen molar-refractivity contribution in [1.82, 2.24) is 25.1 Å². The third kappa shape index (κ3) is 3.65. The van der Waals surface area contributed by atoms with Gasteiger partial charge in [-0.25, -0.2) is 0 Å². The first kappa shape index (κ1) is 16.5. The van der Waals surface area contributed by atoms with E-state index in [9.17, 15) is 4.79 Å². The zero-order valence-corrected chi connectivity index (χ0v) is 14.2. The minimum absolute atomic E-state index is 0.102. The molecule has 0 spiro atoms. The average Bonchev–Trinajstić information content (AvgIpc) is 2.97.